The number of pyridine rings is 1. The number of hydrogen-bond acceptors (Lipinski definition) is 7. The average molecular weight is 356 g/mol. The van der Waals surface area contributed by atoms with Gasteiger partial charge in [0.15, 0.2) is 0 Å². The van der Waals surface area contributed by atoms with Crippen molar-refractivity contribution in [2.45, 2.75) is 13.0 Å². The number of benzene rings is 1. The van der Waals surface area contributed by atoms with Gasteiger partial charge in [0.25, 0.3) is 0 Å². The predicted molar refractivity (Wildman–Crippen MR) is 94.8 cm³/mol. The van der Waals surface area contributed by atoms with Crippen LogP contribution in [0.1, 0.15) is 18.5 Å². The Morgan fingerprint density at radius 1 is 1.35 bits per heavy atom. The second-order valence-electron chi connectivity index (χ2n) is 5.59. The maximum absolute atomic E-state index is 12.4. The van der Waals surface area contributed by atoms with Crippen LogP contribution in [0.2, 0.25) is 0 Å². The summed E-state index contributed by atoms with van der Waals surface area (Å²) >= 11 is 0. The maximum atomic E-state index is 12.4. The topological polar surface area (TPSA) is 119 Å². The molecule has 2 aromatic heterocycles. The lowest BCUT2D eigenvalue weighted by Gasteiger charge is -2.17. The molecule has 0 bridgehead atoms. The third-order valence-corrected chi connectivity index (χ3v) is 3.95. The van der Waals surface area contributed by atoms with E-state index in [0.29, 0.717) is 11.3 Å². The Kier molecular flexibility index (Phi) is 4.44. The molecular weight excluding hydrogens is 340 g/mol. The minimum Gasteiger partial charge on any atom is -0.508 e. The van der Waals surface area contributed by atoms with E-state index in [1.807, 2.05) is 0 Å². The molecule has 0 aliphatic carbocycles. The first kappa shape index (κ1) is 17.2. The molecule has 0 fully saturated rings. The van der Waals surface area contributed by atoms with Gasteiger partial charge in [-0.3, -0.25) is 19.3 Å². The number of aromatic hydroxyl groups is 1. The van der Waals surface area contributed by atoms with E-state index in [9.17, 15) is 20.0 Å². The molecule has 134 valence electrons. The Bertz CT molecular complexity index is 1050. The molecule has 0 saturated heterocycles. The quantitative estimate of drug-likeness (QED) is 0.532. The lowest BCUT2D eigenvalue weighted by molar-refractivity contribution is -0.385. The van der Waals surface area contributed by atoms with E-state index in [1.54, 1.807) is 37.3 Å². The molecule has 0 radical (unpaired) electrons. The SMILES string of the molecule is COc1ccc(O)c(C(C)Nc2nc3ccccn3c(=O)c2[N+](=O)[O-])c1. The second kappa shape index (κ2) is 6.71. The number of phenols is 1. The normalized spacial score (nSPS) is 11.9. The van der Waals surface area contributed by atoms with Gasteiger partial charge in [0.1, 0.15) is 17.1 Å². The number of aromatic nitrogens is 2. The lowest BCUT2D eigenvalue weighted by Crippen LogP contribution is -2.22. The van der Waals surface area contributed by atoms with Crippen molar-refractivity contribution in [3.8, 4) is 11.5 Å². The third kappa shape index (κ3) is 3.02. The highest BCUT2D eigenvalue weighted by molar-refractivity contribution is 5.61. The number of phenolic OH excluding ortho intramolecular Hbond substituents is 1. The number of methoxy groups -OCH3 is 1. The number of ether oxygens (including phenoxy) is 1. The summed E-state index contributed by atoms with van der Waals surface area (Å²) in [5, 5.41) is 24.3. The van der Waals surface area contributed by atoms with Crippen molar-refractivity contribution in [1.29, 1.82) is 0 Å². The molecule has 3 rings (SSSR count). The fourth-order valence-corrected chi connectivity index (χ4v) is 2.63. The Morgan fingerprint density at radius 2 is 2.12 bits per heavy atom. The molecule has 1 atom stereocenters. The zero-order valence-electron chi connectivity index (χ0n) is 14.0. The third-order valence-electron chi connectivity index (χ3n) is 3.95. The molecule has 1 unspecified atom stereocenters. The first-order valence-electron chi connectivity index (χ1n) is 7.71. The molecule has 0 spiro atoms. The van der Waals surface area contributed by atoms with Gasteiger partial charge in [0.2, 0.25) is 5.82 Å². The van der Waals surface area contributed by atoms with Crippen LogP contribution in [-0.2, 0) is 0 Å². The fourth-order valence-electron chi connectivity index (χ4n) is 2.63. The predicted octanol–water partition coefficient (Wildman–Crippen LogP) is 2.49. The van der Waals surface area contributed by atoms with Crippen molar-refractivity contribution in [3.05, 3.63) is 68.6 Å². The molecule has 26 heavy (non-hydrogen) atoms. The van der Waals surface area contributed by atoms with Crippen LogP contribution < -0.4 is 15.6 Å². The van der Waals surface area contributed by atoms with E-state index >= 15 is 0 Å². The Labute approximate surface area is 147 Å². The standard InChI is InChI=1S/C17H16N4O5/c1-10(12-9-11(26-2)6-7-13(12)22)18-16-15(21(24)25)17(23)20-8-4-3-5-14(20)19-16/h3-10,18,22H,1-2H3. The van der Waals surface area contributed by atoms with E-state index in [0.717, 1.165) is 4.40 Å². The first-order valence-corrected chi connectivity index (χ1v) is 7.71. The van der Waals surface area contributed by atoms with E-state index in [1.165, 1.54) is 19.4 Å². The van der Waals surface area contributed by atoms with Crippen molar-refractivity contribution < 1.29 is 14.8 Å². The van der Waals surface area contributed by atoms with Gasteiger partial charge in [-0.2, -0.15) is 0 Å². The highest BCUT2D eigenvalue weighted by Gasteiger charge is 2.25. The van der Waals surface area contributed by atoms with Crippen LogP contribution in [0, 0.1) is 10.1 Å². The van der Waals surface area contributed by atoms with Crippen LogP contribution in [0.25, 0.3) is 5.65 Å². The molecule has 2 N–H and O–H groups in total. The monoisotopic (exact) mass is 356 g/mol. The molecule has 9 heteroatoms. The summed E-state index contributed by atoms with van der Waals surface area (Å²) in [6.07, 6.45) is 1.42. The number of nitrogens with zero attached hydrogens (tertiary/aromatic N) is 3. The summed E-state index contributed by atoms with van der Waals surface area (Å²) in [4.78, 5) is 27.3. The zero-order valence-corrected chi connectivity index (χ0v) is 14.0. The number of anilines is 1. The average Bonchev–Trinajstić information content (AvgIpc) is 2.62. The van der Waals surface area contributed by atoms with Crippen LogP contribution in [0.15, 0.2) is 47.4 Å². The highest BCUT2D eigenvalue weighted by atomic mass is 16.6. The number of fused-ring (bicyclic) bond motifs is 1. The minimum absolute atomic E-state index is 0.00837. The van der Waals surface area contributed by atoms with Crippen molar-refractivity contribution >= 4 is 17.2 Å². The number of rotatable bonds is 5. The van der Waals surface area contributed by atoms with E-state index in [4.69, 9.17) is 4.74 Å². The second-order valence-corrected chi connectivity index (χ2v) is 5.59. The van der Waals surface area contributed by atoms with Crippen molar-refractivity contribution in [3.63, 3.8) is 0 Å². The van der Waals surface area contributed by atoms with Gasteiger partial charge in [-0.1, -0.05) is 6.07 Å². The maximum Gasteiger partial charge on any atom is 0.376 e. The highest BCUT2D eigenvalue weighted by Crippen LogP contribution is 2.31. The number of hydrogen-bond donors (Lipinski definition) is 2. The number of nitro groups is 1. The van der Waals surface area contributed by atoms with Gasteiger partial charge in [0, 0.05) is 11.8 Å². The number of nitrogens with one attached hydrogen (secondary N) is 1. The molecule has 0 aliphatic rings. The van der Waals surface area contributed by atoms with E-state index < -0.39 is 22.2 Å². The molecule has 0 saturated carbocycles. The molecular formula is C17H16N4O5. The summed E-state index contributed by atoms with van der Waals surface area (Å²) in [5.74, 6) is 0.347. The Morgan fingerprint density at radius 3 is 2.81 bits per heavy atom. The summed E-state index contributed by atoms with van der Waals surface area (Å²) in [6.45, 7) is 1.69. The van der Waals surface area contributed by atoms with Crippen LogP contribution in [0.4, 0.5) is 11.5 Å². The van der Waals surface area contributed by atoms with Crippen LogP contribution >= 0.6 is 0 Å². The minimum atomic E-state index is -0.787. The molecule has 0 amide bonds. The lowest BCUT2D eigenvalue weighted by atomic mass is 10.1. The molecule has 2 heterocycles. The van der Waals surface area contributed by atoms with Crippen LogP contribution in [0.3, 0.4) is 0 Å². The van der Waals surface area contributed by atoms with Gasteiger partial charge < -0.3 is 15.2 Å². The van der Waals surface area contributed by atoms with Crippen molar-refractivity contribution in [2.75, 3.05) is 12.4 Å². The molecule has 3 aromatic rings. The van der Waals surface area contributed by atoms with Crippen molar-refractivity contribution in [2.24, 2.45) is 0 Å². The smallest absolute Gasteiger partial charge is 0.376 e. The van der Waals surface area contributed by atoms with Crippen molar-refractivity contribution in [1.82, 2.24) is 9.38 Å². The summed E-state index contributed by atoms with van der Waals surface area (Å²) < 4.78 is 6.24. The Hall–Kier alpha value is -3.62. The van der Waals surface area contributed by atoms with Gasteiger partial charge >= 0.3 is 11.2 Å². The summed E-state index contributed by atoms with van der Waals surface area (Å²) in [6, 6.07) is 8.93. The first-order chi connectivity index (χ1) is 12.4. The largest absolute Gasteiger partial charge is 0.508 e. The van der Waals surface area contributed by atoms with Gasteiger partial charge in [-0.15, -0.1) is 0 Å². The van der Waals surface area contributed by atoms with Crippen LogP contribution in [-0.4, -0.2) is 26.5 Å². The molecule has 0 aliphatic heterocycles. The van der Waals surface area contributed by atoms with Gasteiger partial charge in [-0.05, 0) is 37.3 Å². The molecule has 1 aromatic carbocycles. The van der Waals surface area contributed by atoms with Gasteiger partial charge in [-0.25, -0.2) is 4.98 Å². The fraction of sp³-hybridized carbons (Fsp3) is 0.176. The van der Waals surface area contributed by atoms with Gasteiger partial charge in [0.05, 0.1) is 18.1 Å². The Balaban J connectivity index is 2.09. The van der Waals surface area contributed by atoms with Crippen LogP contribution in [0.5, 0.6) is 11.5 Å². The molecule has 9 nitrogen and oxygen atoms in total. The summed E-state index contributed by atoms with van der Waals surface area (Å²) in [7, 11) is 1.49. The zero-order chi connectivity index (χ0) is 18.8. The van der Waals surface area contributed by atoms with E-state index in [-0.39, 0.29) is 17.2 Å². The van der Waals surface area contributed by atoms with E-state index in [2.05, 4.69) is 10.3 Å². The summed E-state index contributed by atoms with van der Waals surface area (Å²) in [5.41, 5.74) is -0.727.